The zero-order valence-corrected chi connectivity index (χ0v) is 8.01. The number of nitrogens with zero attached hydrogens (tertiary/aromatic N) is 3. The first-order valence-corrected chi connectivity index (χ1v) is 4.30. The van der Waals surface area contributed by atoms with Crippen LogP contribution in [-0.4, -0.2) is 24.3 Å². The SMILES string of the molecule is N#CCN(CC#N)Cc1ccc(C=O)o1. The molecule has 1 heterocycles. The molecule has 1 aromatic heterocycles. The van der Waals surface area contributed by atoms with Crippen LogP contribution < -0.4 is 0 Å². The fraction of sp³-hybridized carbons (Fsp3) is 0.300. The number of aldehydes is 1. The predicted molar refractivity (Wildman–Crippen MR) is 50.6 cm³/mol. The highest BCUT2D eigenvalue weighted by molar-refractivity contribution is 5.70. The topological polar surface area (TPSA) is 81.0 Å². The molecule has 15 heavy (non-hydrogen) atoms. The molecule has 1 aromatic rings. The molecule has 0 radical (unpaired) electrons. The van der Waals surface area contributed by atoms with Gasteiger partial charge < -0.3 is 4.42 Å². The Morgan fingerprint density at radius 2 is 2.00 bits per heavy atom. The Morgan fingerprint density at radius 3 is 2.47 bits per heavy atom. The summed E-state index contributed by atoms with van der Waals surface area (Å²) in [5, 5.41) is 17.0. The van der Waals surface area contributed by atoms with Crippen molar-refractivity contribution in [3.8, 4) is 12.1 Å². The Bertz CT molecular complexity index is 395. The number of carbonyl (C=O) groups excluding carboxylic acids is 1. The Morgan fingerprint density at radius 1 is 1.33 bits per heavy atom. The van der Waals surface area contributed by atoms with E-state index in [4.69, 9.17) is 14.9 Å². The number of rotatable bonds is 5. The lowest BCUT2D eigenvalue weighted by atomic mass is 10.4. The van der Waals surface area contributed by atoms with Crippen LogP contribution in [0.5, 0.6) is 0 Å². The average molecular weight is 203 g/mol. The lowest BCUT2D eigenvalue weighted by Crippen LogP contribution is -2.23. The molecule has 0 aliphatic heterocycles. The molecule has 5 heteroatoms. The van der Waals surface area contributed by atoms with Crippen LogP contribution in [-0.2, 0) is 6.54 Å². The first-order valence-electron chi connectivity index (χ1n) is 4.30. The van der Waals surface area contributed by atoms with E-state index < -0.39 is 0 Å². The molecular formula is C10H9N3O2. The minimum atomic E-state index is 0.157. The van der Waals surface area contributed by atoms with Gasteiger partial charge in [0.2, 0.25) is 0 Å². The second-order valence-corrected chi connectivity index (χ2v) is 2.88. The highest BCUT2D eigenvalue weighted by Gasteiger charge is 2.08. The molecule has 0 amide bonds. The molecular weight excluding hydrogens is 194 g/mol. The van der Waals surface area contributed by atoms with E-state index in [9.17, 15) is 4.79 Å². The third-order valence-electron chi connectivity index (χ3n) is 1.77. The molecule has 5 nitrogen and oxygen atoms in total. The van der Waals surface area contributed by atoms with Gasteiger partial charge in [-0.1, -0.05) is 0 Å². The predicted octanol–water partition coefficient (Wildman–Crippen LogP) is 0.941. The van der Waals surface area contributed by atoms with E-state index >= 15 is 0 Å². The monoisotopic (exact) mass is 203 g/mol. The molecule has 0 bridgehead atoms. The summed E-state index contributed by atoms with van der Waals surface area (Å²) in [6, 6.07) is 7.13. The third kappa shape index (κ3) is 3.26. The molecule has 0 fully saturated rings. The van der Waals surface area contributed by atoms with E-state index in [1.165, 1.54) is 0 Å². The zero-order chi connectivity index (χ0) is 11.1. The molecule has 0 aliphatic rings. The van der Waals surface area contributed by atoms with Crippen molar-refractivity contribution in [3.05, 3.63) is 23.7 Å². The Hall–Kier alpha value is -2.11. The molecule has 0 saturated carbocycles. The van der Waals surface area contributed by atoms with Crippen LogP contribution in [0.25, 0.3) is 0 Å². The second kappa shape index (κ2) is 5.58. The van der Waals surface area contributed by atoms with E-state index in [1.807, 2.05) is 12.1 Å². The van der Waals surface area contributed by atoms with Crippen molar-refractivity contribution in [2.45, 2.75) is 6.54 Å². The summed E-state index contributed by atoms with van der Waals surface area (Å²) in [6.45, 7) is 0.671. The van der Waals surface area contributed by atoms with E-state index in [0.717, 1.165) is 0 Å². The van der Waals surface area contributed by atoms with Gasteiger partial charge in [-0.15, -0.1) is 0 Å². The van der Waals surface area contributed by atoms with Crippen LogP contribution in [0.15, 0.2) is 16.5 Å². The second-order valence-electron chi connectivity index (χ2n) is 2.88. The van der Waals surface area contributed by atoms with Gasteiger partial charge in [-0.3, -0.25) is 9.69 Å². The quantitative estimate of drug-likeness (QED) is 0.525. The van der Waals surface area contributed by atoms with Crippen molar-refractivity contribution in [2.75, 3.05) is 13.1 Å². The van der Waals surface area contributed by atoms with Gasteiger partial charge in [-0.25, -0.2) is 0 Å². The third-order valence-corrected chi connectivity index (χ3v) is 1.77. The maximum absolute atomic E-state index is 10.3. The highest BCUT2D eigenvalue weighted by atomic mass is 16.3. The maximum Gasteiger partial charge on any atom is 0.185 e. The van der Waals surface area contributed by atoms with Gasteiger partial charge in [0.15, 0.2) is 12.0 Å². The van der Waals surface area contributed by atoms with Crippen LogP contribution >= 0.6 is 0 Å². The van der Waals surface area contributed by atoms with E-state index in [1.54, 1.807) is 17.0 Å². The Labute approximate surface area is 87.1 Å². The van der Waals surface area contributed by atoms with Crippen LogP contribution in [0.2, 0.25) is 0 Å². The minimum absolute atomic E-state index is 0.157. The molecule has 0 aliphatic carbocycles. The van der Waals surface area contributed by atoms with Gasteiger partial charge in [-0.2, -0.15) is 10.5 Å². The van der Waals surface area contributed by atoms with Crippen LogP contribution in [0.4, 0.5) is 0 Å². The molecule has 76 valence electrons. The number of furan rings is 1. The van der Waals surface area contributed by atoms with E-state index in [0.29, 0.717) is 18.6 Å². The number of carbonyl (C=O) groups is 1. The van der Waals surface area contributed by atoms with E-state index in [2.05, 4.69) is 0 Å². The van der Waals surface area contributed by atoms with Gasteiger partial charge in [0.05, 0.1) is 31.8 Å². The summed E-state index contributed by atoms with van der Waals surface area (Å²) in [5.41, 5.74) is 0. The molecule has 0 atom stereocenters. The molecule has 0 unspecified atom stereocenters. The van der Waals surface area contributed by atoms with Gasteiger partial charge >= 0.3 is 0 Å². The van der Waals surface area contributed by atoms with Crippen molar-refractivity contribution < 1.29 is 9.21 Å². The number of nitriles is 2. The summed E-state index contributed by atoms with van der Waals surface area (Å²) >= 11 is 0. The van der Waals surface area contributed by atoms with Crippen LogP contribution in [0.1, 0.15) is 16.3 Å². The smallest absolute Gasteiger partial charge is 0.185 e. The van der Waals surface area contributed by atoms with Crippen molar-refractivity contribution >= 4 is 6.29 Å². The normalized spacial score (nSPS) is 9.53. The van der Waals surface area contributed by atoms with Crippen LogP contribution in [0.3, 0.4) is 0 Å². The van der Waals surface area contributed by atoms with Crippen molar-refractivity contribution in [1.82, 2.24) is 4.90 Å². The minimum Gasteiger partial charge on any atom is -0.457 e. The maximum atomic E-state index is 10.3. The highest BCUT2D eigenvalue weighted by Crippen LogP contribution is 2.08. The first kappa shape index (κ1) is 11.0. The lowest BCUT2D eigenvalue weighted by molar-refractivity contribution is 0.109. The van der Waals surface area contributed by atoms with Gasteiger partial charge in [0.25, 0.3) is 0 Å². The molecule has 0 aromatic carbocycles. The largest absolute Gasteiger partial charge is 0.457 e. The molecule has 0 spiro atoms. The zero-order valence-electron chi connectivity index (χ0n) is 8.01. The van der Waals surface area contributed by atoms with Crippen molar-refractivity contribution in [3.63, 3.8) is 0 Å². The standard InChI is InChI=1S/C10H9N3O2/c11-3-5-13(6-4-12)7-9-1-2-10(8-14)15-9/h1-2,8H,5-7H2. The molecule has 0 saturated heterocycles. The van der Waals surface area contributed by atoms with Crippen LogP contribution in [0, 0.1) is 22.7 Å². The van der Waals surface area contributed by atoms with Gasteiger partial charge in [0.1, 0.15) is 5.76 Å². The molecule has 1 rings (SSSR count). The summed E-state index contributed by atoms with van der Waals surface area (Å²) in [4.78, 5) is 12.0. The summed E-state index contributed by atoms with van der Waals surface area (Å²) < 4.78 is 5.13. The van der Waals surface area contributed by atoms with Gasteiger partial charge in [-0.05, 0) is 12.1 Å². The molecule has 0 N–H and O–H groups in total. The average Bonchev–Trinajstić information content (AvgIpc) is 2.66. The fourth-order valence-corrected chi connectivity index (χ4v) is 1.13. The first-order chi connectivity index (χ1) is 7.30. The van der Waals surface area contributed by atoms with Gasteiger partial charge in [0, 0.05) is 0 Å². The van der Waals surface area contributed by atoms with Crippen molar-refractivity contribution in [2.24, 2.45) is 0 Å². The summed E-state index contributed by atoms with van der Waals surface area (Å²) in [7, 11) is 0. The summed E-state index contributed by atoms with van der Waals surface area (Å²) in [6.07, 6.45) is 0.614. The lowest BCUT2D eigenvalue weighted by Gasteiger charge is -2.12. The Kier molecular flexibility index (Phi) is 4.08. The number of hydrogen-bond acceptors (Lipinski definition) is 5. The Balaban J connectivity index is 2.62. The van der Waals surface area contributed by atoms with E-state index in [-0.39, 0.29) is 18.8 Å². The summed E-state index contributed by atoms with van der Waals surface area (Å²) in [5.74, 6) is 0.821. The number of hydrogen-bond donors (Lipinski definition) is 0. The van der Waals surface area contributed by atoms with Crippen molar-refractivity contribution in [1.29, 1.82) is 10.5 Å². The fourth-order valence-electron chi connectivity index (χ4n) is 1.13.